The lowest BCUT2D eigenvalue weighted by Crippen LogP contribution is -2.68. The molecular formula is C22H24FN3O3. The van der Waals surface area contributed by atoms with Crippen molar-refractivity contribution >= 4 is 11.9 Å². The first kappa shape index (κ1) is 19.4. The highest BCUT2D eigenvalue weighted by Crippen LogP contribution is 2.28. The number of rotatable bonds is 5. The minimum Gasteiger partial charge on any atom is -0.497 e. The first-order chi connectivity index (χ1) is 14.1. The van der Waals surface area contributed by atoms with Gasteiger partial charge in [-0.15, -0.1) is 0 Å². The summed E-state index contributed by atoms with van der Waals surface area (Å²) >= 11 is 0. The van der Waals surface area contributed by atoms with Crippen LogP contribution in [0.25, 0.3) is 0 Å². The fraction of sp³-hybridized carbons (Fsp3) is 0.364. The highest BCUT2D eigenvalue weighted by atomic mass is 19.1. The van der Waals surface area contributed by atoms with E-state index < -0.39 is 6.04 Å². The molecule has 29 heavy (non-hydrogen) atoms. The van der Waals surface area contributed by atoms with Crippen molar-refractivity contribution in [1.29, 1.82) is 0 Å². The average molecular weight is 397 g/mol. The Hall–Kier alpha value is -2.93. The molecule has 2 atom stereocenters. The molecule has 2 aromatic carbocycles. The van der Waals surface area contributed by atoms with Crippen molar-refractivity contribution in [3.63, 3.8) is 0 Å². The van der Waals surface area contributed by atoms with Crippen LogP contribution in [0, 0.1) is 5.82 Å². The number of fused-ring (bicyclic) bond motifs is 1. The molecule has 2 heterocycles. The third kappa shape index (κ3) is 3.82. The lowest BCUT2D eigenvalue weighted by atomic mass is 9.92. The minimum absolute atomic E-state index is 0.140. The number of benzene rings is 2. The Bertz CT molecular complexity index is 902. The first-order valence-corrected chi connectivity index (χ1v) is 9.80. The molecule has 2 unspecified atom stereocenters. The van der Waals surface area contributed by atoms with Gasteiger partial charge in [0, 0.05) is 5.56 Å². The van der Waals surface area contributed by atoms with Gasteiger partial charge < -0.3 is 15.0 Å². The lowest BCUT2D eigenvalue weighted by Gasteiger charge is -2.47. The van der Waals surface area contributed by atoms with Crippen LogP contribution in [0.5, 0.6) is 5.75 Å². The molecule has 0 spiro atoms. The molecule has 0 aromatic heterocycles. The number of imide groups is 1. The number of urea groups is 1. The number of nitrogens with one attached hydrogen (secondary N) is 1. The van der Waals surface area contributed by atoms with E-state index in [1.807, 2.05) is 12.1 Å². The number of hydrogen-bond donors (Lipinski definition) is 1. The summed E-state index contributed by atoms with van der Waals surface area (Å²) in [5.74, 6) is 0.139. The Balaban J connectivity index is 1.62. The van der Waals surface area contributed by atoms with E-state index in [1.165, 1.54) is 11.0 Å². The highest BCUT2D eigenvalue weighted by molar-refractivity contribution is 6.00. The van der Waals surface area contributed by atoms with Gasteiger partial charge in [0.05, 0.1) is 26.2 Å². The second-order valence-corrected chi connectivity index (χ2v) is 7.42. The molecule has 2 fully saturated rings. The van der Waals surface area contributed by atoms with Gasteiger partial charge in [-0.2, -0.15) is 0 Å². The minimum atomic E-state index is -0.466. The fourth-order valence-corrected chi connectivity index (χ4v) is 4.07. The molecule has 0 aliphatic carbocycles. The number of ether oxygens (including phenoxy) is 1. The zero-order chi connectivity index (χ0) is 20.4. The van der Waals surface area contributed by atoms with Crippen LogP contribution in [-0.4, -0.2) is 47.5 Å². The molecule has 0 bridgehead atoms. The Morgan fingerprint density at radius 3 is 2.59 bits per heavy atom. The van der Waals surface area contributed by atoms with E-state index in [1.54, 1.807) is 42.3 Å². The maximum Gasteiger partial charge on any atom is 0.327 e. The second kappa shape index (κ2) is 8.21. The number of nitrogens with zero attached hydrogens (tertiary/aromatic N) is 2. The molecule has 2 aromatic rings. The van der Waals surface area contributed by atoms with Gasteiger partial charge in [0.15, 0.2) is 0 Å². The van der Waals surface area contributed by atoms with Gasteiger partial charge in [-0.25, -0.2) is 9.18 Å². The summed E-state index contributed by atoms with van der Waals surface area (Å²) in [4.78, 5) is 29.3. The summed E-state index contributed by atoms with van der Waals surface area (Å²) < 4.78 is 19.4. The van der Waals surface area contributed by atoms with E-state index in [9.17, 15) is 14.0 Å². The molecule has 152 valence electrons. The number of hydrogen-bond acceptors (Lipinski definition) is 4. The Morgan fingerprint density at radius 1 is 1.10 bits per heavy atom. The van der Waals surface area contributed by atoms with Gasteiger partial charge >= 0.3 is 6.03 Å². The van der Waals surface area contributed by atoms with E-state index in [0.29, 0.717) is 11.3 Å². The summed E-state index contributed by atoms with van der Waals surface area (Å²) in [6, 6.07) is 12.6. The first-order valence-electron chi connectivity index (χ1n) is 9.80. The molecule has 0 radical (unpaired) electrons. The predicted molar refractivity (Wildman–Crippen MR) is 106 cm³/mol. The van der Waals surface area contributed by atoms with Gasteiger partial charge in [-0.3, -0.25) is 9.69 Å². The number of carbonyl (C=O) groups excluding carboxylic acids is 2. The van der Waals surface area contributed by atoms with E-state index >= 15 is 0 Å². The molecular weight excluding hydrogens is 373 g/mol. The van der Waals surface area contributed by atoms with Crippen molar-refractivity contribution in [3.8, 4) is 5.75 Å². The van der Waals surface area contributed by atoms with Crippen molar-refractivity contribution in [3.05, 3.63) is 65.5 Å². The molecule has 1 N–H and O–H groups in total. The second-order valence-electron chi connectivity index (χ2n) is 7.42. The highest BCUT2D eigenvalue weighted by Gasteiger charge is 2.47. The monoisotopic (exact) mass is 397 g/mol. The average Bonchev–Trinajstić information content (AvgIpc) is 2.76. The number of halogens is 1. The molecule has 4 rings (SSSR count). The third-order valence-electron chi connectivity index (χ3n) is 5.63. The summed E-state index contributed by atoms with van der Waals surface area (Å²) in [5.41, 5.74) is 1.27. The summed E-state index contributed by atoms with van der Waals surface area (Å²) in [7, 11) is 1.59. The van der Waals surface area contributed by atoms with Crippen molar-refractivity contribution in [1.82, 2.24) is 15.1 Å². The zero-order valence-electron chi connectivity index (χ0n) is 16.3. The van der Waals surface area contributed by atoms with Crippen LogP contribution in [0.2, 0.25) is 0 Å². The van der Waals surface area contributed by atoms with Gasteiger partial charge in [0.2, 0.25) is 5.91 Å². The van der Waals surface area contributed by atoms with Crippen molar-refractivity contribution in [2.24, 2.45) is 0 Å². The van der Waals surface area contributed by atoms with E-state index in [2.05, 4.69) is 5.32 Å². The smallest absolute Gasteiger partial charge is 0.327 e. The Labute approximate surface area is 169 Å². The molecule has 3 amide bonds. The topological polar surface area (TPSA) is 61.9 Å². The molecule has 6 nitrogen and oxygen atoms in total. The number of amides is 3. The predicted octanol–water partition coefficient (Wildman–Crippen LogP) is 2.92. The number of methoxy groups -OCH3 is 1. The number of piperidine rings is 1. The van der Waals surface area contributed by atoms with Crippen LogP contribution in [0.15, 0.2) is 48.5 Å². The molecule has 2 saturated heterocycles. The number of carbonyl (C=O) groups is 2. The van der Waals surface area contributed by atoms with Crippen LogP contribution in [-0.2, 0) is 17.9 Å². The molecule has 7 heteroatoms. The van der Waals surface area contributed by atoms with Gasteiger partial charge in [0.1, 0.15) is 17.6 Å². The van der Waals surface area contributed by atoms with Crippen LogP contribution < -0.4 is 10.1 Å². The SMILES string of the molecule is COc1ccc(CN2C(=O)C3NCCCC3N(Cc3ccccc3F)C2=O)cc1. The molecule has 2 aliphatic rings. The van der Waals surface area contributed by atoms with Gasteiger partial charge in [-0.1, -0.05) is 30.3 Å². The molecule has 2 aliphatic heterocycles. The van der Waals surface area contributed by atoms with Crippen LogP contribution in [0.3, 0.4) is 0 Å². The summed E-state index contributed by atoms with van der Waals surface area (Å²) in [6.07, 6.45) is 1.59. The van der Waals surface area contributed by atoms with Crippen LogP contribution in [0.4, 0.5) is 9.18 Å². The van der Waals surface area contributed by atoms with E-state index in [4.69, 9.17) is 4.74 Å². The fourth-order valence-electron chi connectivity index (χ4n) is 4.07. The maximum atomic E-state index is 14.2. The maximum absolute atomic E-state index is 14.2. The van der Waals surface area contributed by atoms with Gasteiger partial charge in [0.25, 0.3) is 0 Å². The molecule has 0 saturated carbocycles. The Kier molecular flexibility index (Phi) is 5.49. The normalized spacial score (nSPS) is 21.9. The standard InChI is InChI=1S/C22H24FN3O3/c1-29-17-10-8-15(9-11-17)13-26-21(27)20-19(7-4-12-24-20)25(22(26)28)14-16-5-2-3-6-18(16)23/h2-3,5-6,8-11,19-20,24H,4,7,12-14H2,1H3. The van der Waals surface area contributed by atoms with Gasteiger partial charge in [-0.05, 0) is 43.1 Å². The van der Waals surface area contributed by atoms with E-state index in [-0.39, 0.29) is 36.9 Å². The van der Waals surface area contributed by atoms with Crippen molar-refractivity contribution in [2.75, 3.05) is 13.7 Å². The third-order valence-corrected chi connectivity index (χ3v) is 5.63. The van der Waals surface area contributed by atoms with E-state index in [0.717, 1.165) is 24.9 Å². The van der Waals surface area contributed by atoms with Crippen LogP contribution >= 0.6 is 0 Å². The largest absolute Gasteiger partial charge is 0.497 e. The zero-order valence-corrected chi connectivity index (χ0v) is 16.3. The Morgan fingerprint density at radius 2 is 1.86 bits per heavy atom. The van der Waals surface area contributed by atoms with Crippen molar-refractivity contribution in [2.45, 2.75) is 38.0 Å². The quantitative estimate of drug-likeness (QED) is 0.843. The lowest BCUT2D eigenvalue weighted by molar-refractivity contribution is -0.137. The van der Waals surface area contributed by atoms with Crippen LogP contribution in [0.1, 0.15) is 24.0 Å². The summed E-state index contributed by atoms with van der Waals surface area (Å²) in [6.45, 7) is 1.03. The summed E-state index contributed by atoms with van der Waals surface area (Å²) in [5, 5.41) is 3.26. The van der Waals surface area contributed by atoms with Crippen molar-refractivity contribution < 1.29 is 18.7 Å².